The average Bonchev–Trinajstić information content (AvgIpc) is 2.49. The van der Waals surface area contributed by atoms with E-state index in [1.165, 1.54) is 6.07 Å². The molecule has 1 unspecified atom stereocenters. The first kappa shape index (κ1) is 15.0. The van der Waals surface area contributed by atoms with E-state index < -0.39 is 4.92 Å². The smallest absolute Gasteiger partial charge is 0.276 e. The maximum atomic E-state index is 10.9. The molecule has 2 aromatic rings. The van der Waals surface area contributed by atoms with Gasteiger partial charge in [0.25, 0.3) is 5.69 Å². The summed E-state index contributed by atoms with van der Waals surface area (Å²) in [5.41, 5.74) is 7.56. The van der Waals surface area contributed by atoms with E-state index in [4.69, 9.17) is 10.5 Å². The van der Waals surface area contributed by atoms with Gasteiger partial charge in [-0.2, -0.15) is 0 Å². The van der Waals surface area contributed by atoms with Crippen molar-refractivity contribution in [3.8, 4) is 11.5 Å². The van der Waals surface area contributed by atoms with Gasteiger partial charge in [0.05, 0.1) is 10.5 Å². The van der Waals surface area contributed by atoms with E-state index in [1.807, 2.05) is 31.2 Å². The molecule has 0 amide bonds. The van der Waals surface area contributed by atoms with Gasteiger partial charge in [0.15, 0.2) is 0 Å². The molecule has 1 atom stereocenters. The van der Waals surface area contributed by atoms with Crippen LogP contribution in [0.5, 0.6) is 11.5 Å². The first-order valence-corrected chi connectivity index (χ1v) is 6.80. The fourth-order valence-electron chi connectivity index (χ4n) is 2.06. The molecule has 5 heteroatoms. The van der Waals surface area contributed by atoms with Crippen LogP contribution in [0.3, 0.4) is 0 Å². The number of rotatable bonds is 5. The summed E-state index contributed by atoms with van der Waals surface area (Å²) in [5.74, 6) is 1.11. The van der Waals surface area contributed by atoms with Crippen molar-refractivity contribution in [2.24, 2.45) is 5.73 Å². The van der Waals surface area contributed by atoms with Crippen LogP contribution >= 0.6 is 0 Å². The molecule has 0 saturated carbocycles. The third kappa shape index (κ3) is 3.38. The summed E-state index contributed by atoms with van der Waals surface area (Å²) < 4.78 is 5.72. The van der Waals surface area contributed by atoms with Gasteiger partial charge in [-0.25, -0.2) is 0 Å². The molecular weight excluding hydrogens is 268 g/mol. The fraction of sp³-hybridized carbons (Fsp3) is 0.250. The topological polar surface area (TPSA) is 78.4 Å². The Morgan fingerprint density at radius 2 is 1.90 bits per heavy atom. The molecule has 110 valence electrons. The molecule has 21 heavy (non-hydrogen) atoms. The Labute approximate surface area is 123 Å². The normalized spacial score (nSPS) is 12.0. The van der Waals surface area contributed by atoms with E-state index in [1.54, 1.807) is 19.1 Å². The lowest BCUT2D eigenvalue weighted by molar-refractivity contribution is -0.385. The SMILES string of the molecule is CCC(N)c1ccc(Oc2cccc([N+](=O)[O-])c2C)cc1. The number of nitrogens with zero attached hydrogens (tertiary/aromatic N) is 1. The molecule has 0 aliphatic rings. The predicted molar refractivity (Wildman–Crippen MR) is 81.6 cm³/mol. The van der Waals surface area contributed by atoms with E-state index >= 15 is 0 Å². The van der Waals surface area contributed by atoms with Crippen molar-refractivity contribution in [2.45, 2.75) is 26.3 Å². The summed E-state index contributed by atoms with van der Waals surface area (Å²) in [6.07, 6.45) is 0.865. The Morgan fingerprint density at radius 3 is 2.48 bits per heavy atom. The van der Waals surface area contributed by atoms with Crippen LogP contribution in [0.15, 0.2) is 42.5 Å². The lowest BCUT2D eigenvalue weighted by atomic mass is 10.1. The highest BCUT2D eigenvalue weighted by Crippen LogP contribution is 2.31. The van der Waals surface area contributed by atoms with Crippen LogP contribution in [0.1, 0.15) is 30.5 Å². The molecule has 0 aliphatic heterocycles. The Morgan fingerprint density at radius 1 is 1.24 bits per heavy atom. The predicted octanol–water partition coefficient (Wildman–Crippen LogP) is 4.11. The van der Waals surface area contributed by atoms with E-state index in [0.717, 1.165) is 12.0 Å². The minimum atomic E-state index is -0.411. The van der Waals surface area contributed by atoms with E-state index in [9.17, 15) is 10.1 Å². The first-order valence-electron chi connectivity index (χ1n) is 6.80. The second-order valence-electron chi connectivity index (χ2n) is 4.84. The summed E-state index contributed by atoms with van der Waals surface area (Å²) in [7, 11) is 0. The van der Waals surface area contributed by atoms with Crippen LogP contribution in [0, 0.1) is 17.0 Å². The molecule has 2 rings (SSSR count). The summed E-state index contributed by atoms with van der Waals surface area (Å²) >= 11 is 0. The molecule has 5 nitrogen and oxygen atoms in total. The maximum absolute atomic E-state index is 10.9. The van der Waals surface area contributed by atoms with Crippen molar-refractivity contribution in [3.05, 3.63) is 63.7 Å². The molecule has 0 aliphatic carbocycles. The quantitative estimate of drug-likeness (QED) is 0.662. The molecular formula is C16H18N2O3. The first-order chi connectivity index (χ1) is 10.0. The van der Waals surface area contributed by atoms with Crippen LogP contribution < -0.4 is 10.5 Å². The van der Waals surface area contributed by atoms with Gasteiger partial charge < -0.3 is 10.5 Å². The van der Waals surface area contributed by atoms with Crippen molar-refractivity contribution < 1.29 is 9.66 Å². The third-order valence-electron chi connectivity index (χ3n) is 3.43. The zero-order valence-electron chi connectivity index (χ0n) is 12.1. The largest absolute Gasteiger partial charge is 0.457 e. The second kappa shape index (κ2) is 6.37. The number of nitro benzene ring substituents is 1. The lowest BCUT2D eigenvalue weighted by Crippen LogP contribution is -2.08. The van der Waals surface area contributed by atoms with Gasteiger partial charge in [0, 0.05) is 12.1 Å². The Kier molecular flexibility index (Phi) is 4.55. The van der Waals surface area contributed by atoms with Gasteiger partial charge >= 0.3 is 0 Å². The van der Waals surface area contributed by atoms with Gasteiger partial charge in [-0.15, -0.1) is 0 Å². The number of nitrogens with two attached hydrogens (primary N) is 1. The zero-order valence-corrected chi connectivity index (χ0v) is 12.1. The monoisotopic (exact) mass is 286 g/mol. The lowest BCUT2D eigenvalue weighted by Gasteiger charge is -2.12. The minimum absolute atomic E-state index is 0.0126. The Bertz CT molecular complexity index is 638. The Balaban J connectivity index is 2.22. The molecule has 0 fully saturated rings. The summed E-state index contributed by atoms with van der Waals surface area (Å²) in [5, 5.41) is 10.9. The van der Waals surface area contributed by atoms with E-state index in [0.29, 0.717) is 17.1 Å². The molecule has 0 saturated heterocycles. The summed E-state index contributed by atoms with van der Waals surface area (Å²) in [6.45, 7) is 3.70. The van der Waals surface area contributed by atoms with Crippen LogP contribution in [0.25, 0.3) is 0 Å². The number of nitro groups is 1. The van der Waals surface area contributed by atoms with Crippen molar-refractivity contribution >= 4 is 5.69 Å². The molecule has 2 aromatic carbocycles. The van der Waals surface area contributed by atoms with Gasteiger partial charge in [-0.3, -0.25) is 10.1 Å². The molecule has 0 heterocycles. The summed E-state index contributed by atoms with van der Waals surface area (Å²) in [6, 6.07) is 12.3. The van der Waals surface area contributed by atoms with Crippen LogP contribution in [-0.4, -0.2) is 4.92 Å². The van der Waals surface area contributed by atoms with Crippen molar-refractivity contribution in [2.75, 3.05) is 0 Å². The van der Waals surface area contributed by atoms with E-state index in [-0.39, 0.29) is 11.7 Å². The number of hydrogen-bond donors (Lipinski definition) is 1. The molecule has 0 radical (unpaired) electrons. The number of hydrogen-bond acceptors (Lipinski definition) is 4. The van der Waals surface area contributed by atoms with Crippen molar-refractivity contribution in [1.29, 1.82) is 0 Å². The highest BCUT2D eigenvalue weighted by Gasteiger charge is 2.14. The van der Waals surface area contributed by atoms with Crippen LogP contribution in [0.4, 0.5) is 5.69 Å². The second-order valence-corrected chi connectivity index (χ2v) is 4.84. The highest BCUT2D eigenvalue weighted by atomic mass is 16.6. The van der Waals surface area contributed by atoms with Crippen molar-refractivity contribution in [1.82, 2.24) is 0 Å². The molecule has 0 spiro atoms. The highest BCUT2D eigenvalue weighted by molar-refractivity contribution is 5.49. The van der Waals surface area contributed by atoms with E-state index in [2.05, 4.69) is 0 Å². The minimum Gasteiger partial charge on any atom is -0.457 e. The van der Waals surface area contributed by atoms with Gasteiger partial charge in [0.1, 0.15) is 11.5 Å². The van der Waals surface area contributed by atoms with Crippen molar-refractivity contribution in [3.63, 3.8) is 0 Å². The van der Waals surface area contributed by atoms with Crippen LogP contribution in [0.2, 0.25) is 0 Å². The summed E-state index contributed by atoms with van der Waals surface area (Å²) in [4.78, 5) is 10.5. The van der Waals surface area contributed by atoms with Gasteiger partial charge in [-0.1, -0.05) is 25.1 Å². The van der Waals surface area contributed by atoms with Gasteiger partial charge in [-0.05, 0) is 37.1 Å². The molecule has 0 bridgehead atoms. The fourth-order valence-corrected chi connectivity index (χ4v) is 2.06. The third-order valence-corrected chi connectivity index (χ3v) is 3.43. The number of ether oxygens (including phenoxy) is 1. The molecule has 0 aromatic heterocycles. The Hall–Kier alpha value is -2.40. The van der Waals surface area contributed by atoms with Crippen LogP contribution in [-0.2, 0) is 0 Å². The standard InChI is InChI=1S/C16H18N2O3/c1-3-14(17)12-7-9-13(10-8-12)21-16-6-4-5-15(11(16)2)18(19)20/h4-10,14H,3,17H2,1-2H3. The number of benzene rings is 2. The average molecular weight is 286 g/mol. The zero-order chi connectivity index (χ0) is 15.4. The van der Waals surface area contributed by atoms with Gasteiger partial charge in [0.2, 0.25) is 0 Å². The molecule has 2 N–H and O–H groups in total. The maximum Gasteiger partial charge on any atom is 0.276 e.